The molecule has 0 aromatic heterocycles. The average molecular weight is 262 g/mol. The van der Waals surface area contributed by atoms with E-state index < -0.39 is 0 Å². The third kappa shape index (κ3) is 3.26. The van der Waals surface area contributed by atoms with Gasteiger partial charge in [-0.05, 0) is 17.5 Å². The molecule has 104 valence electrons. The quantitative estimate of drug-likeness (QED) is 0.899. The van der Waals surface area contributed by atoms with Crippen LogP contribution in [0.25, 0.3) is 0 Å². The largest absolute Gasteiger partial charge is 0.496 e. The first-order chi connectivity index (χ1) is 9.11. The Balaban J connectivity index is 2.21. The lowest BCUT2D eigenvalue weighted by Gasteiger charge is -2.28. The van der Waals surface area contributed by atoms with E-state index in [-0.39, 0.29) is 5.91 Å². The maximum Gasteiger partial charge on any atom is 0.236 e. The molecule has 0 bridgehead atoms. The molecule has 1 aliphatic heterocycles. The molecular formula is C15H22N2O2. The van der Waals surface area contributed by atoms with Gasteiger partial charge in [-0.1, -0.05) is 26.0 Å². The van der Waals surface area contributed by atoms with Crippen LogP contribution in [0.2, 0.25) is 0 Å². The Hall–Kier alpha value is -1.55. The van der Waals surface area contributed by atoms with Crippen LogP contribution in [0.5, 0.6) is 5.75 Å². The summed E-state index contributed by atoms with van der Waals surface area (Å²) in [6, 6.07) is 6.24. The van der Waals surface area contributed by atoms with Crippen LogP contribution in [0.1, 0.15) is 30.9 Å². The van der Waals surface area contributed by atoms with Gasteiger partial charge in [0.2, 0.25) is 5.91 Å². The van der Waals surface area contributed by atoms with E-state index >= 15 is 0 Å². The summed E-state index contributed by atoms with van der Waals surface area (Å²) in [7, 11) is 1.67. The SMILES string of the molecule is COc1ccc(C(C)C)cc1CN1CCNCC1=O. The van der Waals surface area contributed by atoms with Gasteiger partial charge in [-0.25, -0.2) is 0 Å². The average Bonchev–Trinajstić information content (AvgIpc) is 2.41. The van der Waals surface area contributed by atoms with Crippen molar-refractivity contribution in [3.8, 4) is 5.75 Å². The fraction of sp³-hybridized carbons (Fsp3) is 0.533. The second-order valence-electron chi connectivity index (χ2n) is 5.22. The van der Waals surface area contributed by atoms with Crippen molar-refractivity contribution in [1.29, 1.82) is 0 Å². The van der Waals surface area contributed by atoms with Crippen molar-refractivity contribution in [3.63, 3.8) is 0 Å². The molecule has 1 aromatic rings. The molecule has 0 unspecified atom stereocenters. The minimum absolute atomic E-state index is 0.156. The van der Waals surface area contributed by atoms with Crippen molar-refractivity contribution in [3.05, 3.63) is 29.3 Å². The van der Waals surface area contributed by atoms with Crippen LogP contribution >= 0.6 is 0 Å². The van der Waals surface area contributed by atoms with Gasteiger partial charge in [-0.2, -0.15) is 0 Å². The first-order valence-corrected chi connectivity index (χ1v) is 6.77. The Morgan fingerprint density at radius 1 is 1.42 bits per heavy atom. The van der Waals surface area contributed by atoms with Crippen LogP contribution in [0.3, 0.4) is 0 Å². The van der Waals surface area contributed by atoms with Gasteiger partial charge in [-0.15, -0.1) is 0 Å². The molecule has 0 atom stereocenters. The van der Waals surface area contributed by atoms with E-state index in [0.29, 0.717) is 19.0 Å². The van der Waals surface area contributed by atoms with Crippen LogP contribution in [0.15, 0.2) is 18.2 Å². The van der Waals surface area contributed by atoms with Gasteiger partial charge in [0.15, 0.2) is 0 Å². The Kier molecular flexibility index (Phi) is 4.43. The standard InChI is InChI=1S/C15H22N2O2/c1-11(2)12-4-5-14(19-3)13(8-12)10-17-7-6-16-9-15(17)18/h4-5,8,11,16H,6-7,9-10H2,1-3H3. The predicted molar refractivity (Wildman–Crippen MR) is 75.4 cm³/mol. The van der Waals surface area contributed by atoms with Gasteiger partial charge in [0.05, 0.1) is 13.7 Å². The van der Waals surface area contributed by atoms with Gasteiger partial charge in [0.25, 0.3) is 0 Å². The van der Waals surface area contributed by atoms with Gasteiger partial charge in [0, 0.05) is 25.2 Å². The highest BCUT2D eigenvalue weighted by atomic mass is 16.5. The number of nitrogens with one attached hydrogen (secondary N) is 1. The fourth-order valence-corrected chi connectivity index (χ4v) is 2.30. The number of rotatable bonds is 4. The van der Waals surface area contributed by atoms with E-state index in [0.717, 1.165) is 24.4 Å². The zero-order valence-corrected chi connectivity index (χ0v) is 11.9. The van der Waals surface area contributed by atoms with Crippen molar-refractivity contribution >= 4 is 5.91 Å². The van der Waals surface area contributed by atoms with E-state index in [1.807, 2.05) is 11.0 Å². The molecule has 1 fully saturated rings. The third-order valence-electron chi connectivity index (χ3n) is 3.52. The molecule has 0 aliphatic carbocycles. The topological polar surface area (TPSA) is 41.6 Å². The highest BCUT2D eigenvalue weighted by molar-refractivity contribution is 5.79. The summed E-state index contributed by atoms with van der Waals surface area (Å²) in [5, 5.41) is 3.09. The minimum Gasteiger partial charge on any atom is -0.496 e. The van der Waals surface area contributed by atoms with Crippen LogP contribution in [-0.2, 0) is 11.3 Å². The summed E-state index contributed by atoms with van der Waals surface area (Å²) in [6.45, 7) is 7.02. The molecule has 1 N–H and O–H groups in total. The molecule has 1 saturated heterocycles. The summed E-state index contributed by atoms with van der Waals surface area (Å²) in [4.78, 5) is 13.7. The van der Waals surface area contributed by atoms with Gasteiger partial charge in [0.1, 0.15) is 5.75 Å². The molecule has 0 radical (unpaired) electrons. The second kappa shape index (κ2) is 6.06. The van der Waals surface area contributed by atoms with Gasteiger partial charge in [-0.3, -0.25) is 4.79 Å². The molecule has 19 heavy (non-hydrogen) atoms. The Morgan fingerprint density at radius 2 is 2.21 bits per heavy atom. The molecule has 4 heteroatoms. The zero-order valence-electron chi connectivity index (χ0n) is 11.9. The van der Waals surface area contributed by atoms with Gasteiger partial charge < -0.3 is 15.0 Å². The molecule has 2 rings (SSSR count). The van der Waals surface area contributed by atoms with Crippen molar-refractivity contribution < 1.29 is 9.53 Å². The van der Waals surface area contributed by atoms with Crippen LogP contribution in [0, 0.1) is 0 Å². The Bertz CT molecular complexity index is 457. The molecule has 0 saturated carbocycles. The second-order valence-corrected chi connectivity index (χ2v) is 5.22. The number of methoxy groups -OCH3 is 1. The predicted octanol–water partition coefficient (Wildman–Crippen LogP) is 1.75. The van der Waals surface area contributed by atoms with Crippen LogP contribution in [0.4, 0.5) is 0 Å². The first kappa shape index (κ1) is 13.9. The summed E-state index contributed by atoms with van der Waals surface area (Å²) in [5.41, 5.74) is 2.36. The minimum atomic E-state index is 0.156. The number of amides is 1. The summed E-state index contributed by atoms with van der Waals surface area (Å²) in [6.07, 6.45) is 0. The Morgan fingerprint density at radius 3 is 2.84 bits per heavy atom. The van der Waals surface area contributed by atoms with E-state index in [1.165, 1.54) is 5.56 Å². The van der Waals surface area contributed by atoms with Gasteiger partial charge >= 0.3 is 0 Å². The lowest BCUT2D eigenvalue weighted by molar-refractivity contribution is -0.132. The molecule has 4 nitrogen and oxygen atoms in total. The molecule has 1 heterocycles. The number of hydrogen-bond donors (Lipinski definition) is 1. The van der Waals surface area contributed by atoms with Crippen LogP contribution in [-0.4, -0.2) is 37.6 Å². The molecule has 1 amide bonds. The first-order valence-electron chi connectivity index (χ1n) is 6.77. The number of piperazine rings is 1. The zero-order chi connectivity index (χ0) is 13.8. The van der Waals surface area contributed by atoms with E-state index in [1.54, 1.807) is 7.11 Å². The van der Waals surface area contributed by atoms with Crippen molar-refractivity contribution in [1.82, 2.24) is 10.2 Å². The summed E-state index contributed by atoms with van der Waals surface area (Å²) >= 11 is 0. The van der Waals surface area contributed by atoms with Crippen molar-refractivity contribution in [2.24, 2.45) is 0 Å². The van der Waals surface area contributed by atoms with E-state index in [2.05, 4.69) is 31.3 Å². The third-order valence-corrected chi connectivity index (χ3v) is 3.52. The lowest BCUT2D eigenvalue weighted by atomic mass is 10.00. The summed E-state index contributed by atoms with van der Waals surface area (Å²) < 4.78 is 5.40. The number of carbonyl (C=O) groups is 1. The van der Waals surface area contributed by atoms with E-state index in [4.69, 9.17) is 4.74 Å². The number of hydrogen-bond acceptors (Lipinski definition) is 3. The molecule has 1 aliphatic rings. The Labute approximate surface area is 114 Å². The summed E-state index contributed by atoms with van der Waals surface area (Å²) in [5.74, 6) is 1.49. The number of nitrogens with zero attached hydrogens (tertiary/aromatic N) is 1. The molecular weight excluding hydrogens is 240 g/mol. The highest BCUT2D eigenvalue weighted by Crippen LogP contribution is 2.25. The monoisotopic (exact) mass is 262 g/mol. The number of ether oxygens (including phenoxy) is 1. The van der Waals surface area contributed by atoms with Crippen molar-refractivity contribution in [2.45, 2.75) is 26.3 Å². The van der Waals surface area contributed by atoms with Crippen molar-refractivity contribution in [2.75, 3.05) is 26.7 Å². The maximum absolute atomic E-state index is 11.8. The smallest absolute Gasteiger partial charge is 0.236 e. The number of carbonyl (C=O) groups excluding carboxylic acids is 1. The van der Waals surface area contributed by atoms with E-state index in [9.17, 15) is 4.79 Å². The number of benzene rings is 1. The fourth-order valence-electron chi connectivity index (χ4n) is 2.30. The normalized spacial score (nSPS) is 16.0. The lowest BCUT2D eigenvalue weighted by Crippen LogP contribution is -2.47. The molecule has 1 aromatic carbocycles. The van der Waals surface area contributed by atoms with Crippen LogP contribution < -0.4 is 10.1 Å². The maximum atomic E-state index is 11.8. The molecule has 0 spiro atoms. The highest BCUT2D eigenvalue weighted by Gasteiger charge is 2.19.